The summed E-state index contributed by atoms with van der Waals surface area (Å²) in [7, 11) is 0. The highest BCUT2D eigenvalue weighted by Crippen LogP contribution is 2.21. The molecular formula is C9H12BrNO. The Balaban J connectivity index is 3.03. The Labute approximate surface area is 80.8 Å². The first-order valence-electron chi connectivity index (χ1n) is 3.80. The number of aromatic nitrogens is 1. The van der Waals surface area contributed by atoms with Crippen molar-refractivity contribution in [1.82, 2.24) is 4.98 Å². The van der Waals surface area contributed by atoms with E-state index >= 15 is 0 Å². The first-order valence-corrected chi connectivity index (χ1v) is 4.59. The van der Waals surface area contributed by atoms with Gasteiger partial charge in [0.05, 0.1) is 6.61 Å². The lowest BCUT2D eigenvalue weighted by atomic mass is 9.90. The average molecular weight is 230 g/mol. The van der Waals surface area contributed by atoms with E-state index < -0.39 is 0 Å². The van der Waals surface area contributed by atoms with Crippen molar-refractivity contribution in [1.29, 1.82) is 0 Å². The molecule has 0 atom stereocenters. The molecule has 0 bridgehead atoms. The van der Waals surface area contributed by atoms with Gasteiger partial charge in [0.2, 0.25) is 0 Å². The summed E-state index contributed by atoms with van der Waals surface area (Å²) >= 11 is 3.29. The molecule has 1 heterocycles. The summed E-state index contributed by atoms with van der Waals surface area (Å²) in [5.41, 5.74) is 0.642. The molecule has 0 aromatic carbocycles. The van der Waals surface area contributed by atoms with Crippen LogP contribution in [0, 0.1) is 0 Å². The maximum atomic E-state index is 9.08. The number of hydrogen-bond donors (Lipinski definition) is 1. The molecule has 0 fully saturated rings. The van der Waals surface area contributed by atoms with Crippen LogP contribution in [0.4, 0.5) is 0 Å². The molecule has 0 spiro atoms. The normalized spacial score (nSPS) is 11.7. The second-order valence-electron chi connectivity index (χ2n) is 3.39. The van der Waals surface area contributed by atoms with Crippen molar-refractivity contribution in [3.63, 3.8) is 0 Å². The number of rotatable bonds is 2. The van der Waals surface area contributed by atoms with Crippen molar-refractivity contribution in [2.45, 2.75) is 19.3 Å². The van der Waals surface area contributed by atoms with E-state index in [4.69, 9.17) is 5.11 Å². The van der Waals surface area contributed by atoms with Gasteiger partial charge in [-0.3, -0.25) is 0 Å². The van der Waals surface area contributed by atoms with E-state index in [-0.39, 0.29) is 12.0 Å². The van der Waals surface area contributed by atoms with E-state index in [9.17, 15) is 0 Å². The zero-order valence-electron chi connectivity index (χ0n) is 7.21. The standard InChI is InChI=1S/C9H12BrNO/c1-9(2,6-12)7-4-3-5-8(10)11-7/h3-5,12H,6H2,1-2H3. The largest absolute Gasteiger partial charge is 0.395 e. The minimum Gasteiger partial charge on any atom is -0.395 e. The third kappa shape index (κ3) is 2.05. The van der Waals surface area contributed by atoms with Gasteiger partial charge < -0.3 is 5.11 Å². The van der Waals surface area contributed by atoms with Gasteiger partial charge in [0.1, 0.15) is 4.60 Å². The summed E-state index contributed by atoms with van der Waals surface area (Å²) < 4.78 is 0.807. The number of nitrogens with zero attached hydrogens (tertiary/aromatic N) is 1. The molecular weight excluding hydrogens is 218 g/mol. The highest BCUT2D eigenvalue weighted by atomic mass is 79.9. The van der Waals surface area contributed by atoms with Crippen LogP contribution < -0.4 is 0 Å². The van der Waals surface area contributed by atoms with Crippen LogP contribution in [0.25, 0.3) is 0 Å². The van der Waals surface area contributed by atoms with Crippen molar-refractivity contribution in [2.24, 2.45) is 0 Å². The fourth-order valence-corrected chi connectivity index (χ4v) is 1.21. The molecule has 0 aliphatic heterocycles. The van der Waals surface area contributed by atoms with Gasteiger partial charge in [0, 0.05) is 11.1 Å². The zero-order chi connectivity index (χ0) is 9.19. The topological polar surface area (TPSA) is 33.1 Å². The summed E-state index contributed by atoms with van der Waals surface area (Å²) in [5.74, 6) is 0. The van der Waals surface area contributed by atoms with Crippen LogP contribution in [0.1, 0.15) is 19.5 Å². The molecule has 1 rings (SSSR count). The van der Waals surface area contributed by atoms with Gasteiger partial charge in [-0.2, -0.15) is 0 Å². The lowest BCUT2D eigenvalue weighted by Crippen LogP contribution is -2.23. The highest BCUT2D eigenvalue weighted by Gasteiger charge is 2.20. The Bertz CT molecular complexity index is 273. The van der Waals surface area contributed by atoms with E-state index in [0.29, 0.717) is 0 Å². The number of halogens is 1. The van der Waals surface area contributed by atoms with Crippen LogP contribution in [-0.4, -0.2) is 16.7 Å². The molecule has 0 saturated carbocycles. The molecule has 1 aromatic rings. The molecule has 0 amide bonds. The zero-order valence-corrected chi connectivity index (χ0v) is 8.80. The Morgan fingerprint density at radius 3 is 2.67 bits per heavy atom. The molecule has 0 unspecified atom stereocenters. The third-order valence-corrected chi connectivity index (χ3v) is 2.25. The summed E-state index contributed by atoms with van der Waals surface area (Å²) in [4.78, 5) is 4.27. The third-order valence-electron chi connectivity index (χ3n) is 1.80. The lowest BCUT2D eigenvalue weighted by molar-refractivity contribution is 0.215. The van der Waals surface area contributed by atoms with Crippen LogP contribution in [0.5, 0.6) is 0 Å². The van der Waals surface area contributed by atoms with Gasteiger partial charge in [0.25, 0.3) is 0 Å². The Hall–Kier alpha value is -0.410. The molecule has 66 valence electrons. The van der Waals surface area contributed by atoms with E-state index in [0.717, 1.165) is 10.3 Å². The highest BCUT2D eigenvalue weighted by molar-refractivity contribution is 9.10. The van der Waals surface area contributed by atoms with Crippen LogP contribution in [0.15, 0.2) is 22.8 Å². The Morgan fingerprint density at radius 2 is 2.17 bits per heavy atom. The number of aliphatic hydroxyl groups is 1. The predicted molar refractivity (Wildman–Crippen MR) is 52.0 cm³/mol. The minimum absolute atomic E-state index is 0.108. The van der Waals surface area contributed by atoms with Crippen molar-refractivity contribution < 1.29 is 5.11 Å². The van der Waals surface area contributed by atoms with Crippen LogP contribution in [0.3, 0.4) is 0 Å². The molecule has 0 aliphatic rings. The lowest BCUT2D eigenvalue weighted by Gasteiger charge is -2.20. The van der Waals surface area contributed by atoms with Crippen molar-refractivity contribution in [3.8, 4) is 0 Å². The van der Waals surface area contributed by atoms with Gasteiger partial charge in [-0.05, 0) is 28.1 Å². The van der Waals surface area contributed by atoms with Crippen LogP contribution in [0.2, 0.25) is 0 Å². The van der Waals surface area contributed by atoms with Gasteiger partial charge >= 0.3 is 0 Å². The quantitative estimate of drug-likeness (QED) is 0.789. The summed E-state index contributed by atoms with van der Waals surface area (Å²) in [6, 6.07) is 5.71. The maximum absolute atomic E-state index is 9.08. The predicted octanol–water partition coefficient (Wildman–Crippen LogP) is 2.11. The van der Waals surface area contributed by atoms with E-state index in [2.05, 4.69) is 20.9 Å². The number of pyridine rings is 1. The molecule has 2 nitrogen and oxygen atoms in total. The fraction of sp³-hybridized carbons (Fsp3) is 0.444. The van der Waals surface area contributed by atoms with Crippen LogP contribution in [-0.2, 0) is 5.41 Å². The molecule has 1 N–H and O–H groups in total. The van der Waals surface area contributed by atoms with Gasteiger partial charge in [-0.15, -0.1) is 0 Å². The monoisotopic (exact) mass is 229 g/mol. The second kappa shape index (κ2) is 3.54. The van der Waals surface area contributed by atoms with Crippen molar-refractivity contribution >= 4 is 15.9 Å². The first kappa shape index (κ1) is 9.68. The maximum Gasteiger partial charge on any atom is 0.106 e. The number of aliphatic hydroxyl groups excluding tert-OH is 1. The van der Waals surface area contributed by atoms with Crippen molar-refractivity contribution in [2.75, 3.05) is 6.61 Å². The minimum atomic E-state index is -0.260. The van der Waals surface area contributed by atoms with Gasteiger partial charge in [-0.1, -0.05) is 19.9 Å². The average Bonchev–Trinajstić information content (AvgIpc) is 2.05. The molecule has 0 saturated heterocycles. The fourth-order valence-electron chi connectivity index (χ4n) is 0.866. The summed E-state index contributed by atoms with van der Waals surface area (Å²) in [6.45, 7) is 4.03. The van der Waals surface area contributed by atoms with Crippen LogP contribution >= 0.6 is 15.9 Å². The van der Waals surface area contributed by atoms with Gasteiger partial charge in [0.15, 0.2) is 0 Å². The Morgan fingerprint density at radius 1 is 1.50 bits per heavy atom. The second-order valence-corrected chi connectivity index (χ2v) is 4.20. The molecule has 12 heavy (non-hydrogen) atoms. The Kier molecular flexibility index (Phi) is 2.85. The van der Waals surface area contributed by atoms with E-state index in [1.54, 1.807) is 0 Å². The van der Waals surface area contributed by atoms with E-state index in [1.807, 2.05) is 32.0 Å². The molecule has 0 radical (unpaired) electrons. The summed E-state index contributed by atoms with van der Waals surface area (Å²) in [6.07, 6.45) is 0. The molecule has 1 aromatic heterocycles. The summed E-state index contributed by atoms with van der Waals surface area (Å²) in [5, 5.41) is 9.08. The molecule has 3 heteroatoms. The van der Waals surface area contributed by atoms with E-state index in [1.165, 1.54) is 0 Å². The first-order chi connectivity index (χ1) is 5.56. The van der Waals surface area contributed by atoms with Gasteiger partial charge in [-0.25, -0.2) is 4.98 Å². The SMILES string of the molecule is CC(C)(CO)c1cccc(Br)n1. The molecule has 0 aliphatic carbocycles. The number of hydrogen-bond acceptors (Lipinski definition) is 2. The van der Waals surface area contributed by atoms with Crippen molar-refractivity contribution in [3.05, 3.63) is 28.5 Å². The smallest absolute Gasteiger partial charge is 0.106 e.